The Kier molecular flexibility index (Phi) is 3.84. The van der Waals surface area contributed by atoms with Gasteiger partial charge in [-0.2, -0.15) is 0 Å². The number of benzene rings is 1. The maximum Gasteiger partial charge on any atom is 0.183 e. The number of tetrazole rings is 1. The second-order valence-corrected chi connectivity index (χ2v) is 5.39. The minimum absolute atomic E-state index is 0.540. The van der Waals surface area contributed by atoms with Crippen molar-refractivity contribution in [3.05, 3.63) is 23.2 Å². The molecule has 2 heterocycles. The second kappa shape index (κ2) is 5.76. The van der Waals surface area contributed by atoms with Crippen molar-refractivity contribution in [1.82, 2.24) is 20.2 Å². The number of hydrogen-bond donors (Lipinski definition) is 1. The molecule has 0 atom stereocenters. The van der Waals surface area contributed by atoms with Gasteiger partial charge >= 0.3 is 0 Å². The Labute approximate surface area is 121 Å². The average Bonchev–Trinajstić information content (AvgIpc) is 2.88. The van der Waals surface area contributed by atoms with Gasteiger partial charge in [-0.25, -0.2) is 4.68 Å². The van der Waals surface area contributed by atoms with Crippen LogP contribution in [-0.4, -0.2) is 33.4 Å². The van der Waals surface area contributed by atoms with Crippen LogP contribution in [0.1, 0.15) is 12.8 Å². The maximum atomic E-state index is 6.23. The predicted octanol–water partition coefficient (Wildman–Crippen LogP) is 2.00. The number of ether oxygens (including phenoxy) is 1. The molecule has 1 aromatic carbocycles. The molecule has 0 unspecified atom stereocenters. The standard InChI is InChI=1S/C13H16ClN5O/c14-12-7-10(15)1-2-11(12)13-16-17-18-19(13)8-9-3-5-20-6-4-9/h1-2,7,9H,3-6,8,15H2. The van der Waals surface area contributed by atoms with E-state index in [9.17, 15) is 0 Å². The molecule has 0 saturated carbocycles. The van der Waals surface area contributed by atoms with Crippen LogP contribution in [0.3, 0.4) is 0 Å². The van der Waals surface area contributed by atoms with Crippen LogP contribution in [0.25, 0.3) is 11.4 Å². The lowest BCUT2D eigenvalue weighted by molar-refractivity contribution is 0.0601. The fourth-order valence-corrected chi connectivity index (χ4v) is 2.68. The van der Waals surface area contributed by atoms with E-state index in [-0.39, 0.29) is 0 Å². The van der Waals surface area contributed by atoms with E-state index in [1.807, 2.05) is 10.7 Å². The molecule has 1 saturated heterocycles. The third-order valence-corrected chi connectivity index (χ3v) is 3.85. The summed E-state index contributed by atoms with van der Waals surface area (Å²) in [5.74, 6) is 1.22. The van der Waals surface area contributed by atoms with Crippen LogP contribution in [0.2, 0.25) is 5.02 Å². The average molecular weight is 294 g/mol. The second-order valence-electron chi connectivity index (χ2n) is 4.98. The molecule has 2 aromatic rings. The summed E-state index contributed by atoms with van der Waals surface area (Å²) in [4.78, 5) is 0. The lowest BCUT2D eigenvalue weighted by atomic mass is 10.0. The van der Waals surface area contributed by atoms with E-state index in [0.717, 1.165) is 38.2 Å². The zero-order valence-corrected chi connectivity index (χ0v) is 11.8. The van der Waals surface area contributed by atoms with Crippen molar-refractivity contribution in [2.45, 2.75) is 19.4 Å². The summed E-state index contributed by atoms with van der Waals surface area (Å²) in [7, 11) is 0. The number of aromatic nitrogens is 4. The first-order valence-corrected chi connectivity index (χ1v) is 7.01. The lowest BCUT2D eigenvalue weighted by Gasteiger charge is -2.22. The molecule has 3 rings (SSSR count). The maximum absolute atomic E-state index is 6.23. The lowest BCUT2D eigenvalue weighted by Crippen LogP contribution is -2.21. The fourth-order valence-electron chi connectivity index (χ4n) is 2.41. The highest BCUT2D eigenvalue weighted by Crippen LogP contribution is 2.28. The minimum Gasteiger partial charge on any atom is -0.399 e. The number of halogens is 1. The van der Waals surface area contributed by atoms with Crippen LogP contribution < -0.4 is 5.73 Å². The fraction of sp³-hybridized carbons (Fsp3) is 0.462. The number of rotatable bonds is 3. The van der Waals surface area contributed by atoms with Gasteiger partial charge in [0.1, 0.15) is 0 Å². The molecule has 2 N–H and O–H groups in total. The first-order valence-electron chi connectivity index (χ1n) is 6.63. The Morgan fingerprint density at radius 1 is 1.35 bits per heavy atom. The van der Waals surface area contributed by atoms with Crippen LogP contribution in [0.4, 0.5) is 5.69 Å². The minimum atomic E-state index is 0.540. The van der Waals surface area contributed by atoms with Gasteiger partial charge in [-0.05, 0) is 47.4 Å². The molecule has 0 radical (unpaired) electrons. The Bertz CT molecular complexity index is 594. The van der Waals surface area contributed by atoms with Gasteiger partial charge in [0.2, 0.25) is 0 Å². The molecule has 6 nitrogen and oxygen atoms in total. The summed E-state index contributed by atoms with van der Waals surface area (Å²) < 4.78 is 7.18. The number of nitrogens with two attached hydrogens (primary N) is 1. The summed E-state index contributed by atoms with van der Waals surface area (Å²) in [6.07, 6.45) is 2.07. The zero-order chi connectivity index (χ0) is 13.9. The predicted molar refractivity (Wildman–Crippen MR) is 76.2 cm³/mol. The molecule has 1 aromatic heterocycles. The van der Waals surface area contributed by atoms with Gasteiger partial charge < -0.3 is 10.5 Å². The Morgan fingerprint density at radius 3 is 2.90 bits per heavy atom. The van der Waals surface area contributed by atoms with Crippen LogP contribution in [0, 0.1) is 5.92 Å². The molecular formula is C13H16ClN5O. The Balaban J connectivity index is 1.85. The Morgan fingerprint density at radius 2 is 2.15 bits per heavy atom. The summed E-state index contributed by atoms with van der Waals surface area (Å²) in [5, 5.41) is 12.5. The molecule has 0 spiro atoms. The van der Waals surface area contributed by atoms with Gasteiger partial charge in [0, 0.05) is 31.0 Å². The molecule has 1 fully saturated rings. The van der Waals surface area contributed by atoms with Gasteiger partial charge in [-0.15, -0.1) is 5.10 Å². The molecule has 1 aliphatic heterocycles. The van der Waals surface area contributed by atoms with Gasteiger partial charge in [-0.1, -0.05) is 11.6 Å². The number of hydrogen-bond acceptors (Lipinski definition) is 5. The highest BCUT2D eigenvalue weighted by Gasteiger charge is 2.19. The van der Waals surface area contributed by atoms with Crippen molar-refractivity contribution in [2.75, 3.05) is 18.9 Å². The molecule has 7 heteroatoms. The van der Waals surface area contributed by atoms with Crippen LogP contribution in [0.5, 0.6) is 0 Å². The van der Waals surface area contributed by atoms with E-state index in [1.165, 1.54) is 0 Å². The molecule has 0 bridgehead atoms. The van der Waals surface area contributed by atoms with Crippen molar-refractivity contribution in [3.8, 4) is 11.4 Å². The molecule has 106 valence electrons. The van der Waals surface area contributed by atoms with Gasteiger partial charge in [0.15, 0.2) is 5.82 Å². The molecular weight excluding hydrogens is 278 g/mol. The molecule has 0 aliphatic carbocycles. The Hall–Kier alpha value is -1.66. The normalized spacial score (nSPS) is 16.4. The van der Waals surface area contributed by atoms with E-state index in [1.54, 1.807) is 12.1 Å². The smallest absolute Gasteiger partial charge is 0.183 e. The number of anilines is 1. The quantitative estimate of drug-likeness (QED) is 0.876. The summed E-state index contributed by atoms with van der Waals surface area (Å²) in [5.41, 5.74) is 7.14. The van der Waals surface area contributed by atoms with E-state index in [2.05, 4.69) is 15.5 Å². The van der Waals surface area contributed by atoms with Gasteiger partial charge in [0.05, 0.1) is 5.02 Å². The first kappa shape index (κ1) is 13.3. The van der Waals surface area contributed by atoms with Crippen molar-refractivity contribution >= 4 is 17.3 Å². The largest absolute Gasteiger partial charge is 0.399 e. The molecule has 0 amide bonds. The van der Waals surface area contributed by atoms with Crippen molar-refractivity contribution in [2.24, 2.45) is 5.92 Å². The van der Waals surface area contributed by atoms with Crippen LogP contribution in [0.15, 0.2) is 18.2 Å². The third-order valence-electron chi connectivity index (χ3n) is 3.54. The van der Waals surface area contributed by atoms with E-state index >= 15 is 0 Å². The van der Waals surface area contributed by atoms with Crippen LogP contribution >= 0.6 is 11.6 Å². The zero-order valence-electron chi connectivity index (χ0n) is 11.0. The topological polar surface area (TPSA) is 78.9 Å². The van der Waals surface area contributed by atoms with Crippen molar-refractivity contribution in [1.29, 1.82) is 0 Å². The monoisotopic (exact) mass is 293 g/mol. The molecule has 1 aliphatic rings. The van der Waals surface area contributed by atoms with Crippen molar-refractivity contribution < 1.29 is 4.74 Å². The number of nitrogen functional groups attached to an aromatic ring is 1. The van der Waals surface area contributed by atoms with Gasteiger partial charge in [-0.3, -0.25) is 0 Å². The summed E-state index contributed by atoms with van der Waals surface area (Å²) in [6, 6.07) is 5.36. The summed E-state index contributed by atoms with van der Waals surface area (Å²) >= 11 is 6.23. The highest BCUT2D eigenvalue weighted by molar-refractivity contribution is 6.33. The first-order chi connectivity index (χ1) is 9.74. The molecule has 20 heavy (non-hydrogen) atoms. The highest BCUT2D eigenvalue weighted by atomic mass is 35.5. The third kappa shape index (κ3) is 2.76. The van der Waals surface area contributed by atoms with Gasteiger partial charge in [0.25, 0.3) is 0 Å². The SMILES string of the molecule is Nc1ccc(-c2nnnn2CC2CCOCC2)c(Cl)c1. The van der Waals surface area contributed by atoms with E-state index < -0.39 is 0 Å². The van der Waals surface area contributed by atoms with Crippen LogP contribution in [-0.2, 0) is 11.3 Å². The summed E-state index contributed by atoms with van der Waals surface area (Å²) in [6.45, 7) is 2.40. The van der Waals surface area contributed by atoms with E-state index in [0.29, 0.717) is 22.5 Å². The van der Waals surface area contributed by atoms with E-state index in [4.69, 9.17) is 22.1 Å². The number of nitrogens with zero attached hydrogens (tertiary/aromatic N) is 4. The van der Waals surface area contributed by atoms with Crippen molar-refractivity contribution in [3.63, 3.8) is 0 Å².